The minimum Gasteiger partial charge on any atom is -0.760 e. The van der Waals surface area contributed by atoms with Gasteiger partial charge in [0.05, 0.1) is 0 Å². The monoisotopic (exact) mass is 403 g/mol. The summed E-state index contributed by atoms with van der Waals surface area (Å²) in [5.41, 5.74) is 17.5. The maximum atomic E-state index is 10.6. The van der Waals surface area contributed by atoms with Crippen LogP contribution in [0.5, 0.6) is 0 Å². The Labute approximate surface area is 167 Å². The number of hydrogen-bond acceptors (Lipinski definition) is 5. The lowest BCUT2D eigenvalue weighted by Gasteiger charge is -2.14. The summed E-state index contributed by atoms with van der Waals surface area (Å²) in [5, 5.41) is 7.74. The lowest BCUT2D eigenvalue weighted by Crippen LogP contribution is -2.20. The van der Waals surface area contributed by atoms with Crippen LogP contribution in [-0.4, -0.2) is 30.7 Å². The van der Waals surface area contributed by atoms with E-state index in [1.54, 1.807) is 0 Å². The summed E-state index contributed by atoms with van der Waals surface area (Å²) >= 11 is -2.28. The Balaban J connectivity index is 1.89. The van der Waals surface area contributed by atoms with Gasteiger partial charge in [-0.3, -0.25) is 9.62 Å². The van der Waals surface area contributed by atoms with Crippen molar-refractivity contribution in [2.45, 2.75) is 52.0 Å². The number of nitrogens with zero attached hydrogens (tertiary/aromatic N) is 2. The number of nitrogens with one attached hydrogen (secondary N) is 2. The maximum absolute atomic E-state index is 10.6. The molecule has 1 aromatic heterocycles. The van der Waals surface area contributed by atoms with Gasteiger partial charge in [0.2, 0.25) is 0 Å². The molecule has 1 aliphatic rings. The summed E-state index contributed by atoms with van der Waals surface area (Å²) in [4.78, 5) is 4.53. The van der Waals surface area contributed by atoms with Crippen LogP contribution in [0.1, 0.15) is 53.5 Å². The van der Waals surface area contributed by atoms with Crippen molar-refractivity contribution in [3.8, 4) is 0 Å². The highest BCUT2D eigenvalue weighted by Gasteiger charge is 2.19. The average Bonchev–Trinajstić information content (AvgIpc) is 3.22. The molecule has 0 bridgehead atoms. The van der Waals surface area contributed by atoms with Gasteiger partial charge in [-0.25, -0.2) is 9.71 Å². The number of nitrogen functional groups attached to an aromatic ring is 2. The number of imidazole rings is 1. The highest BCUT2D eigenvalue weighted by Crippen LogP contribution is 2.28. The fourth-order valence-corrected chi connectivity index (χ4v) is 4.19. The largest absolute Gasteiger partial charge is 0.760 e. The summed E-state index contributed by atoms with van der Waals surface area (Å²) in [6.07, 6.45) is 5.56. The molecular weight excluding hydrogens is 376 g/mol. The Kier molecular flexibility index (Phi) is 6.48. The Morgan fingerprint density at radius 2 is 2.04 bits per heavy atom. The standard InChI is InChI=1S/C19H28N6O2S/c1-2-12-9-13-5-3-6-14(13)10-15(12)11-16-24-17(18(20)21)19(22)25(16)8-4-7-23-28(26)27/h9-10,23H,2-8,11,22H2,1H3,(H3,20,21)(H,26,27)/p-1. The second-order valence-electron chi connectivity index (χ2n) is 7.08. The summed E-state index contributed by atoms with van der Waals surface area (Å²) in [6, 6.07) is 4.60. The van der Waals surface area contributed by atoms with Gasteiger partial charge in [0.25, 0.3) is 0 Å². The van der Waals surface area contributed by atoms with Gasteiger partial charge in [-0.2, -0.15) is 0 Å². The van der Waals surface area contributed by atoms with Crippen molar-refractivity contribution in [1.82, 2.24) is 14.3 Å². The van der Waals surface area contributed by atoms with Crippen molar-refractivity contribution in [3.63, 3.8) is 0 Å². The molecule has 1 unspecified atom stereocenters. The molecule has 1 aliphatic carbocycles. The van der Waals surface area contributed by atoms with Gasteiger partial charge in [0, 0.05) is 30.8 Å². The van der Waals surface area contributed by atoms with Gasteiger partial charge >= 0.3 is 0 Å². The second kappa shape index (κ2) is 8.85. The Morgan fingerprint density at radius 1 is 1.36 bits per heavy atom. The Hall–Kier alpha value is -2.23. The van der Waals surface area contributed by atoms with Crippen molar-refractivity contribution < 1.29 is 8.76 Å². The molecule has 9 heteroatoms. The summed E-state index contributed by atoms with van der Waals surface area (Å²) in [7, 11) is 0. The fourth-order valence-electron chi connectivity index (χ4n) is 3.88. The van der Waals surface area contributed by atoms with E-state index in [1.807, 2.05) is 4.57 Å². The van der Waals surface area contributed by atoms with E-state index in [9.17, 15) is 8.76 Å². The molecule has 8 nitrogen and oxygen atoms in total. The van der Waals surface area contributed by atoms with E-state index < -0.39 is 11.3 Å². The highest BCUT2D eigenvalue weighted by molar-refractivity contribution is 7.77. The van der Waals surface area contributed by atoms with Gasteiger partial charge in [0.15, 0.2) is 0 Å². The zero-order chi connectivity index (χ0) is 20.3. The van der Waals surface area contributed by atoms with Crippen LogP contribution in [0.4, 0.5) is 5.82 Å². The minimum atomic E-state index is -2.28. The van der Waals surface area contributed by atoms with E-state index >= 15 is 0 Å². The first-order chi connectivity index (χ1) is 13.4. The van der Waals surface area contributed by atoms with Crippen LogP contribution in [0.15, 0.2) is 12.1 Å². The van der Waals surface area contributed by atoms with Gasteiger partial charge < -0.3 is 20.6 Å². The molecule has 1 heterocycles. The Morgan fingerprint density at radius 3 is 2.64 bits per heavy atom. The number of benzene rings is 1. The van der Waals surface area contributed by atoms with E-state index in [4.69, 9.17) is 16.9 Å². The molecule has 0 spiro atoms. The smallest absolute Gasteiger partial charge is 0.147 e. The molecule has 1 aromatic carbocycles. The van der Waals surface area contributed by atoms with Gasteiger partial charge in [-0.05, 0) is 54.4 Å². The third-order valence-corrected chi connectivity index (χ3v) is 5.70. The number of aromatic nitrogens is 2. The molecular formula is C19H27N6O2S-. The average molecular weight is 404 g/mol. The molecule has 0 radical (unpaired) electrons. The zero-order valence-corrected chi connectivity index (χ0v) is 16.9. The summed E-state index contributed by atoms with van der Waals surface area (Å²) in [6.45, 7) is 2.95. The van der Waals surface area contributed by atoms with Crippen LogP contribution in [0.25, 0.3) is 0 Å². The molecule has 3 rings (SSSR count). The normalized spacial score (nSPS) is 14.2. The van der Waals surface area contributed by atoms with Crippen LogP contribution in [-0.2, 0) is 43.5 Å². The molecule has 0 fully saturated rings. The molecule has 6 N–H and O–H groups in total. The topological polar surface area (TPSA) is 146 Å². The van der Waals surface area contributed by atoms with Crippen molar-refractivity contribution in [2.75, 3.05) is 12.3 Å². The van der Waals surface area contributed by atoms with Crippen LogP contribution >= 0.6 is 0 Å². The van der Waals surface area contributed by atoms with Crippen molar-refractivity contribution in [3.05, 3.63) is 45.9 Å². The molecule has 2 aromatic rings. The highest BCUT2D eigenvalue weighted by atomic mass is 32.2. The third kappa shape index (κ3) is 4.43. The number of hydrogen-bond donors (Lipinski definition) is 4. The number of rotatable bonds is 9. The third-order valence-electron chi connectivity index (χ3n) is 5.26. The van der Waals surface area contributed by atoms with Gasteiger partial charge in [-0.1, -0.05) is 19.1 Å². The number of anilines is 1. The van der Waals surface area contributed by atoms with E-state index in [0.717, 1.165) is 25.1 Å². The first-order valence-corrected chi connectivity index (χ1v) is 10.6. The van der Waals surface area contributed by atoms with E-state index in [1.165, 1.54) is 28.7 Å². The minimum absolute atomic E-state index is 0.166. The quantitative estimate of drug-likeness (QED) is 0.215. The Bertz CT molecular complexity index is 908. The second-order valence-corrected chi connectivity index (χ2v) is 7.84. The van der Waals surface area contributed by atoms with Crippen LogP contribution in [0.2, 0.25) is 0 Å². The van der Waals surface area contributed by atoms with Crippen LogP contribution in [0, 0.1) is 5.41 Å². The van der Waals surface area contributed by atoms with Crippen molar-refractivity contribution in [1.29, 1.82) is 5.41 Å². The number of nitrogens with two attached hydrogens (primary N) is 2. The van der Waals surface area contributed by atoms with Gasteiger partial charge in [0.1, 0.15) is 23.2 Å². The predicted molar refractivity (Wildman–Crippen MR) is 110 cm³/mol. The number of amidine groups is 1. The van der Waals surface area contributed by atoms with E-state index in [2.05, 4.69) is 28.8 Å². The van der Waals surface area contributed by atoms with E-state index in [-0.39, 0.29) is 11.5 Å². The van der Waals surface area contributed by atoms with Crippen LogP contribution in [0.3, 0.4) is 0 Å². The fraction of sp³-hybridized carbons (Fsp3) is 0.474. The molecule has 1 atom stereocenters. The van der Waals surface area contributed by atoms with Gasteiger partial charge in [-0.15, -0.1) is 0 Å². The SMILES string of the molecule is CCc1cc2c(cc1Cc1nc(C(=N)N)c(N)n1CCCNS(=O)[O-])CCC2. The predicted octanol–water partition coefficient (Wildman–Crippen LogP) is 1.17. The van der Waals surface area contributed by atoms with Crippen molar-refractivity contribution in [2.24, 2.45) is 5.73 Å². The molecule has 0 aliphatic heterocycles. The number of aryl methyl sites for hydroxylation is 3. The zero-order valence-electron chi connectivity index (χ0n) is 16.1. The maximum Gasteiger partial charge on any atom is 0.147 e. The first-order valence-electron chi connectivity index (χ1n) is 9.56. The summed E-state index contributed by atoms with van der Waals surface area (Å²) in [5.74, 6) is 0.935. The lowest BCUT2D eigenvalue weighted by molar-refractivity contribution is 0.517. The lowest BCUT2D eigenvalue weighted by atomic mass is 9.96. The summed E-state index contributed by atoms with van der Waals surface area (Å²) < 4.78 is 25.5. The van der Waals surface area contributed by atoms with E-state index in [0.29, 0.717) is 31.7 Å². The number of fused-ring (bicyclic) bond motifs is 1. The first kappa shape index (κ1) is 20.5. The molecule has 152 valence electrons. The van der Waals surface area contributed by atoms with Crippen LogP contribution < -0.4 is 16.2 Å². The molecule has 0 amide bonds. The molecule has 0 saturated carbocycles. The molecule has 28 heavy (non-hydrogen) atoms. The van der Waals surface area contributed by atoms with Crippen molar-refractivity contribution >= 4 is 22.9 Å². The molecule has 0 saturated heterocycles.